The van der Waals surface area contributed by atoms with Gasteiger partial charge in [0.15, 0.2) is 5.96 Å². The van der Waals surface area contributed by atoms with Crippen LogP contribution in [0.3, 0.4) is 0 Å². The van der Waals surface area contributed by atoms with Gasteiger partial charge in [-0.05, 0) is 19.3 Å². The Morgan fingerprint density at radius 1 is 1.38 bits per heavy atom. The second kappa shape index (κ2) is 8.48. The first-order valence-electron chi connectivity index (χ1n) is 8.36. The van der Waals surface area contributed by atoms with E-state index in [1.54, 1.807) is 31.1 Å². The molecule has 2 unspecified atom stereocenters. The van der Waals surface area contributed by atoms with Gasteiger partial charge in [-0.1, -0.05) is 20.8 Å². The maximum atomic E-state index is 10.6. The molecule has 0 radical (unpaired) electrons. The zero-order chi connectivity index (χ0) is 18.4. The van der Waals surface area contributed by atoms with Crippen LogP contribution in [-0.2, 0) is 17.4 Å². The van der Waals surface area contributed by atoms with Crippen LogP contribution in [-0.4, -0.2) is 53.7 Å². The van der Waals surface area contributed by atoms with Gasteiger partial charge < -0.3 is 20.5 Å². The molecule has 0 aromatic carbocycles. The highest BCUT2D eigenvalue weighted by atomic mass is 16.5. The summed E-state index contributed by atoms with van der Waals surface area (Å²) in [6.07, 6.45) is 3.52. The number of aliphatic imine (C=N–C) groups is 1. The molecule has 1 aromatic rings. The number of nitrogens with zero attached hydrogens (tertiary/aromatic N) is 3. The summed E-state index contributed by atoms with van der Waals surface area (Å²) in [5.74, 6) is 0.660. The van der Waals surface area contributed by atoms with Crippen molar-refractivity contribution in [3.8, 4) is 0 Å². The van der Waals surface area contributed by atoms with Gasteiger partial charge in [-0.3, -0.25) is 4.68 Å². The SMILES string of the molecule is CCNC(=NCC(C)(O)c1cnn(C)c1)NCC(OC)C(C)(C)C. The smallest absolute Gasteiger partial charge is 0.191 e. The molecule has 1 heterocycles. The Bertz CT molecular complexity index is 531. The van der Waals surface area contributed by atoms with Gasteiger partial charge in [-0.15, -0.1) is 0 Å². The predicted molar refractivity (Wildman–Crippen MR) is 97.0 cm³/mol. The molecule has 1 rings (SSSR count). The highest BCUT2D eigenvalue weighted by Crippen LogP contribution is 2.21. The van der Waals surface area contributed by atoms with Crippen LogP contribution in [0.5, 0.6) is 0 Å². The zero-order valence-corrected chi connectivity index (χ0v) is 16.1. The number of methoxy groups -OCH3 is 1. The first-order chi connectivity index (χ1) is 11.1. The summed E-state index contributed by atoms with van der Waals surface area (Å²) in [4.78, 5) is 4.51. The molecule has 0 saturated heterocycles. The lowest BCUT2D eigenvalue weighted by atomic mass is 9.89. The van der Waals surface area contributed by atoms with Gasteiger partial charge >= 0.3 is 0 Å². The van der Waals surface area contributed by atoms with Crippen LogP contribution in [0.1, 0.15) is 40.2 Å². The third-order valence-electron chi connectivity index (χ3n) is 3.92. The monoisotopic (exact) mass is 339 g/mol. The summed E-state index contributed by atoms with van der Waals surface area (Å²) in [7, 11) is 3.54. The van der Waals surface area contributed by atoms with Gasteiger partial charge in [0.25, 0.3) is 0 Å². The Kier molecular flexibility index (Phi) is 7.23. The summed E-state index contributed by atoms with van der Waals surface area (Å²) in [5.41, 5.74) is -0.296. The van der Waals surface area contributed by atoms with E-state index in [2.05, 4.69) is 41.5 Å². The molecule has 0 aliphatic rings. The van der Waals surface area contributed by atoms with E-state index in [0.29, 0.717) is 12.5 Å². The number of ether oxygens (including phenoxy) is 1. The lowest BCUT2D eigenvalue weighted by molar-refractivity contribution is 0.0204. The molecular weight excluding hydrogens is 306 g/mol. The summed E-state index contributed by atoms with van der Waals surface area (Å²) >= 11 is 0. The Morgan fingerprint density at radius 2 is 2.04 bits per heavy atom. The molecule has 0 spiro atoms. The average molecular weight is 339 g/mol. The summed E-state index contributed by atoms with van der Waals surface area (Å²) in [5, 5.41) is 21.2. The molecule has 0 amide bonds. The van der Waals surface area contributed by atoms with Gasteiger partial charge in [0.1, 0.15) is 5.60 Å². The van der Waals surface area contributed by atoms with Gasteiger partial charge in [-0.2, -0.15) is 5.10 Å². The van der Waals surface area contributed by atoms with Crippen LogP contribution in [0, 0.1) is 5.41 Å². The minimum absolute atomic E-state index is 0.0281. The second-order valence-electron chi connectivity index (χ2n) is 7.34. The standard InChI is InChI=1S/C17H33N5O2/c1-8-18-15(19-10-14(24-7)16(2,3)4)20-12-17(5,23)13-9-21-22(6)11-13/h9,11,14,23H,8,10,12H2,1-7H3,(H2,18,19,20). The van der Waals surface area contributed by atoms with Crippen LogP contribution in [0.4, 0.5) is 0 Å². The van der Waals surface area contributed by atoms with Crippen molar-refractivity contribution in [2.45, 2.75) is 46.3 Å². The van der Waals surface area contributed by atoms with Crippen LogP contribution in [0.25, 0.3) is 0 Å². The van der Waals surface area contributed by atoms with E-state index < -0.39 is 5.60 Å². The van der Waals surface area contributed by atoms with Gasteiger partial charge in [0.2, 0.25) is 0 Å². The maximum Gasteiger partial charge on any atom is 0.191 e. The van der Waals surface area contributed by atoms with Crippen molar-refractivity contribution >= 4 is 5.96 Å². The molecule has 24 heavy (non-hydrogen) atoms. The van der Waals surface area contributed by atoms with Crippen LogP contribution < -0.4 is 10.6 Å². The molecule has 0 aliphatic heterocycles. The molecule has 3 N–H and O–H groups in total. The molecule has 138 valence electrons. The summed E-state index contributed by atoms with van der Waals surface area (Å²) in [6, 6.07) is 0. The maximum absolute atomic E-state index is 10.6. The van der Waals surface area contributed by atoms with Gasteiger partial charge in [-0.25, -0.2) is 4.99 Å². The quantitative estimate of drug-likeness (QED) is 0.514. The molecule has 0 fully saturated rings. The lowest BCUT2D eigenvalue weighted by Crippen LogP contribution is -2.45. The number of hydrogen-bond donors (Lipinski definition) is 3. The Morgan fingerprint density at radius 3 is 2.50 bits per heavy atom. The normalized spacial score (nSPS) is 16.6. The number of aromatic nitrogens is 2. The Balaban J connectivity index is 2.74. The Labute approximate surface area is 145 Å². The minimum Gasteiger partial charge on any atom is -0.383 e. The van der Waals surface area contributed by atoms with Crippen LogP contribution >= 0.6 is 0 Å². The van der Waals surface area contributed by atoms with Gasteiger partial charge in [0, 0.05) is 39.0 Å². The molecule has 0 saturated carbocycles. The van der Waals surface area contributed by atoms with E-state index in [-0.39, 0.29) is 18.1 Å². The number of hydrogen-bond acceptors (Lipinski definition) is 4. The summed E-state index contributed by atoms with van der Waals surface area (Å²) in [6.45, 7) is 11.8. The molecular formula is C17H33N5O2. The zero-order valence-electron chi connectivity index (χ0n) is 16.1. The average Bonchev–Trinajstić information content (AvgIpc) is 2.91. The van der Waals surface area contributed by atoms with Gasteiger partial charge in [0.05, 0.1) is 18.8 Å². The van der Waals surface area contributed by atoms with E-state index in [4.69, 9.17) is 4.74 Å². The largest absolute Gasteiger partial charge is 0.383 e. The number of rotatable bonds is 7. The summed E-state index contributed by atoms with van der Waals surface area (Å²) < 4.78 is 7.23. The molecule has 2 atom stereocenters. The molecule has 0 aliphatic carbocycles. The predicted octanol–water partition coefficient (Wildman–Crippen LogP) is 1.24. The third-order valence-corrected chi connectivity index (χ3v) is 3.92. The van der Waals surface area contributed by atoms with Crippen molar-refractivity contribution in [1.82, 2.24) is 20.4 Å². The first-order valence-corrected chi connectivity index (χ1v) is 8.36. The fraction of sp³-hybridized carbons (Fsp3) is 0.765. The van der Waals surface area contributed by atoms with Crippen molar-refractivity contribution in [3.63, 3.8) is 0 Å². The van der Waals surface area contributed by atoms with Crippen molar-refractivity contribution in [2.24, 2.45) is 17.5 Å². The minimum atomic E-state index is -1.07. The van der Waals surface area contributed by atoms with Crippen LogP contribution in [0.2, 0.25) is 0 Å². The third kappa shape index (κ3) is 6.13. The lowest BCUT2D eigenvalue weighted by Gasteiger charge is -2.30. The van der Waals surface area contributed by atoms with E-state index in [1.165, 1.54) is 0 Å². The highest BCUT2D eigenvalue weighted by Gasteiger charge is 2.26. The van der Waals surface area contributed by atoms with E-state index >= 15 is 0 Å². The molecule has 1 aromatic heterocycles. The van der Waals surface area contributed by atoms with E-state index in [0.717, 1.165) is 12.1 Å². The molecule has 7 nitrogen and oxygen atoms in total. The van der Waals surface area contributed by atoms with E-state index in [1.807, 2.05) is 14.0 Å². The second-order valence-corrected chi connectivity index (χ2v) is 7.34. The van der Waals surface area contributed by atoms with Crippen LogP contribution in [0.15, 0.2) is 17.4 Å². The fourth-order valence-electron chi connectivity index (χ4n) is 2.30. The Hall–Kier alpha value is -1.60. The van der Waals surface area contributed by atoms with Crippen molar-refractivity contribution in [3.05, 3.63) is 18.0 Å². The van der Waals surface area contributed by atoms with Crippen molar-refractivity contribution in [1.29, 1.82) is 0 Å². The highest BCUT2D eigenvalue weighted by molar-refractivity contribution is 5.79. The fourth-order valence-corrected chi connectivity index (χ4v) is 2.30. The first kappa shape index (κ1) is 20.4. The van der Waals surface area contributed by atoms with E-state index in [9.17, 15) is 5.11 Å². The number of nitrogens with one attached hydrogen (secondary N) is 2. The molecule has 7 heteroatoms. The number of aliphatic hydroxyl groups is 1. The number of guanidine groups is 1. The van der Waals surface area contributed by atoms with Crippen molar-refractivity contribution in [2.75, 3.05) is 26.7 Å². The topological polar surface area (TPSA) is 83.7 Å². The number of aryl methyl sites for hydroxylation is 1. The van der Waals surface area contributed by atoms with Crippen molar-refractivity contribution < 1.29 is 9.84 Å². The molecule has 0 bridgehead atoms.